The first-order valence-corrected chi connectivity index (χ1v) is 7.94. The lowest BCUT2D eigenvalue weighted by Crippen LogP contribution is -2.53. The maximum atomic E-state index is 12.5. The highest BCUT2D eigenvalue weighted by atomic mass is 16.5. The summed E-state index contributed by atoms with van der Waals surface area (Å²) in [5.41, 5.74) is -1.08. The van der Waals surface area contributed by atoms with Gasteiger partial charge in [0.2, 0.25) is 5.78 Å². The first-order valence-electron chi connectivity index (χ1n) is 7.94. The Morgan fingerprint density at radius 2 is 1.87 bits per heavy atom. The van der Waals surface area contributed by atoms with Crippen molar-refractivity contribution in [3.8, 4) is 0 Å². The van der Waals surface area contributed by atoms with E-state index in [-0.39, 0.29) is 19.4 Å². The van der Waals surface area contributed by atoms with Crippen LogP contribution in [0.4, 0.5) is 0 Å². The zero-order valence-corrected chi connectivity index (χ0v) is 14.0. The van der Waals surface area contributed by atoms with Gasteiger partial charge in [0, 0.05) is 18.4 Å². The van der Waals surface area contributed by atoms with Crippen molar-refractivity contribution in [1.29, 1.82) is 0 Å². The molecule has 23 heavy (non-hydrogen) atoms. The van der Waals surface area contributed by atoms with Gasteiger partial charge in [-0.3, -0.25) is 14.4 Å². The molecule has 7 heteroatoms. The molecule has 1 amide bonds. The lowest BCUT2D eigenvalue weighted by atomic mass is 9.82. The highest BCUT2D eigenvalue weighted by Crippen LogP contribution is 2.27. The van der Waals surface area contributed by atoms with E-state index in [1.54, 1.807) is 20.8 Å². The van der Waals surface area contributed by atoms with Crippen molar-refractivity contribution in [3.05, 3.63) is 0 Å². The second-order valence-electron chi connectivity index (χ2n) is 6.37. The van der Waals surface area contributed by atoms with Gasteiger partial charge in [0.15, 0.2) is 0 Å². The van der Waals surface area contributed by atoms with Crippen LogP contribution in [0.3, 0.4) is 0 Å². The lowest BCUT2D eigenvalue weighted by Gasteiger charge is -2.35. The van der Waals surface area contributed by atoms with Gasteiger partial charge in [0.25, 0.3) is 5.91 Å². The predicted octanol–water partition coefficient (Wildman–Crippen LogP) is 1.39. The number of aliphatic carboxylic acids is 1. The van der Waals surface area contributed by atoms with Crippen LogP contribution < -0.4 is 0 Å². The summed E-state index contributed by atoms with van der Waals surface area (Å²) >= 11 is 0. The number of piperidine rings is 1. The van der Waals surface area contributed by atoms with E-state index in [1.165, 1.54) is 4.90 Å². The van der Waals surface area contributed by atoms with Crippen LogP contribution in [0.25, 0.3) is 0 Å². The molecule has 1 saturated heterocycles. The summed E-state index contributed by atoms with van der Waals surface area (Å²) in [6.07, 6.45) is 1.89. The number of Topliss-reactive ketones (excluding diaryl/α,β-unsaturated/α-hetero) is 1. The third kappa shape index (κ3) is 5.04. The predicted molar refractivity (Wildman–Crippen MR) is 81.6 cm³/mol. The van der Waals surface area contributed by atoms with Gasteiger partial charge < -0.3 is 14.7 Å². The molecule has 1 unspecified atom stereocenters. The summed E-state index contributed by atoms with van der Waals surface area (Å²) in [6.45, 7) is 5.35. The lowest BCUT2D eigenvalue weighted by molar-refractivity contribution is -0.160. The Kier molecular flexibility index (Phi) is 6.72. The number of esters is 1. The second kappa shape index (κ2) is 8.08. The molecule has 0 radical (unpaired) electrons. The Labute approximate surface area is 136 Å². The van der Waals surface area contributed by atoms with Crippen LogP contribution in [0.2, 0.25) is 0 Å². The minimum atomic E-state index is -1.08. The molecule has 0 aromatic carbocycles. The number of rotatable bonds is 7. The summed E-state index contributed by atoms with van der Waals surface area (Å²) in [7, 11) is 0. The maximum absolute atomic E-state index is 12.5. The van der Waals surface area contributed by atoms with Crippen LogP contribution in [-0.2, 0) is 23.9 Å². The summed E-state index contributed by atoms with van der Waals surface area (Å²) in [4.78, 5) is 49.0. The molecule has 1 N–H and O–H groups in total. The number of nitrogens with zero attached hydrogens (tertiary/aromatic N) is 1. The molecule has 0 spiro atoms. The minimum absolute atomic E-state index is 0.0742. The number of carboxylic acids is 1. The van der Waals surface area contributed by atoms with Crippen molar-refractivity contribution in [3.63, 3.8) is 0 Å². The standard InChI is InChI=1S/C16H25NO6/c1-4-23-15(22)11-7-5-6-10-17(11)14(21)13(20)16(2,3)9-8-12(18)19/h11H,4-10H2,1-3H3,(H,18,19). The zero-order chi connectivity index (χ0) is 17.6. The van der Waals surface area contributed by atoms with Gasteiger partial charge in [-0.05, 0) is 32.6 Å². The third-order valence-electron chi connectivity index (χ3n) is 4.10. The van der Waals surface area contributed by atoms with Crippen molar-refractivity contribution in [2.75, 3.05) is 13.2 Å². The zero-order valence-electron chi connectivity index (χ0n) is 14.0. The SMILES string of the molecule is CCOC(=O)C1CCCCN1C(=O)C(=O)C(C)(C)CCC(=O)O. The molecule has 1 aliphatic rings. The van der Waals surface area contributed by atoms with E-state index >= 15 is 0 Å². The van der Waals surface area contributed by atoms with Gasteiger partial charge in [-0.1, -0.05) is 13.8 Å². The number of likely N-dealkylation sites (tertiary alicyclic amines) is 1. The normalized spacial score (nSPS) is 18.4. The molecule has 0 saturated carbocycles. The number of carbonyl (C=O) groups is 4. The molecule has 7 nitrogen and oxygen atoms in total. The van der Waals surface area contributed by atoms with Gasteiger partial charge in [0.1, 0.15) is 6.04 Å². The molecule has 130 valence electrons. The van der Waals surface area contributed by atoms with E-state index in [0.717, 1.165) is 12.8 Å². The van der Waals surface area contributed by atoms with Crippen LogP contribution in [0, 0.1) is 5.41 Å². The molecular formula is C16H25NO6. The highest BCUT2D eigenvalue weighted by molar-refractivity contribution is 6.38. The number of carbonyl (C=O) groups excluding carboxylic acids is 3. The summed E-state index contributed by atoms with van der Waals surface area (Å²) in [6, 6.07) is -0.726. The Balaban J connectivity index is 2.84. The topological polar surface area (TPSA) is 101 Å². The van der Waals surface area contributed by atoms with E-state index < -0.39 is 35.1 Å². The van der Waals surface area contributed by atoms with Gasteiger partial charge in [0.05, 0.1) is 6.61 Å². The number of ketones is 1. The van der Waals surface area contributed by atoms with Gasteiger partial charge in [-0.15, -0.1) is 0 Å². The Morgan fingerprint density at radius 1 is 1.22 bits per heavy atom. The van der Waals surface area contributed by atoms with Crippen LogP contribution in [0.15, 0.2) is 0 Å². The Hall–Kier alpha value is -1.92. The fraction of sp³-hybridized carbons (Fsp3) is 0.750. The average molecular weight is 327 g/mol. The quantitative estimate of drug-likeness (QED) is 0.560. The molecule has 0 aliphatic carbocycles. The van der Waals surface area contributed by atoms with E-state index in [0.29, 0.717) is 13.0 Å². The molecule has 1 heterocycles. The second-order valence-corrected chi connectivity index (χ2v) is 6.37. The van der Waals surface area contributed by atoms with E-state index in [2.05, 4.69) is 0 Å². The Morgan fingerprint density at radius 3 is 2.43 bits per heavy atom. The smallest absolute Gasteiger partial charge is 0.328 e. The fourth-order valence-electron chi connectivity index (χ4n) is 2.61. The summed E-state index contributed by atoms with van der Waals surface area (Å²) in [5, 5.41) is 8.75. The average Bonchev–Trinajstić information content (AvgIpc) is 2.51. The summed E-state index contributed by atoms with van der Waals surface area (Å²) in [5.74, 6) is -2.88. The number of amides is 1. The maximum Gasteiger partial charge on any atom is 0.328 e. The van der Waals surface area contributed by atoms with Crippen LogP contribution in [0.1, 0.15) is 52.9 Å². The van der Waals surface area contributed by atoms with Crippen LogP contribution in [0.5, 0.6) is 0 Å². The molecule has 1 aliphatic heterocycles. The molecular weight excluding hydrogens is 302 g/mol. The van der Waals surface area contributed by atoms with Crippen molar-refractivity contribution in [1.82, 2.24) is 4.90 Å². The number of ether oxygens (including phenoxy) is 1. The number of carboxylic acid groups (broad SMARTS) is 1. The van der Waals surface area contributed by atoms with Gasteiger partial charge in [-0.25, -0.2) is 4.79 Å². The van der Waals surface area contributed by atoms with Gasteiger partial charge in [-0.2, -0.15) is 0 Å². The highest BCUT2D eigenvalue weighted by Gasteiger charge is 2.41. The molecule has 1 atom stereocenters. The molecule has 0 aromatic rings. The minimum Gasteiger partial charge on any atom is -0.481 e. The van der Waals surface area contributed by atoms with E-state index in [4.69, 9.17) is 9.84 Å². The number of hydrogen-bond donors (Lipinski definition) is 1. The largest absolute Gasteiger partial charge is 0.481 e. The third-order valence-corrected chi connectivity index (χ3v) is 4.10. The first kappa shape index (κ1) is 19.1. The van der Waals surface area contributed by atoms with Crippen molar-refractivity contribution < 1.29 is 29.0 Å². The molecule has 1 rings (SSSR count). The molecule has 0 bridgehead atoms. The van der Waals surface area contributed by atoms with Gasteiger partial charge >= 0.3 is 11.9 Å². The molecule has 0 aromatic heterocycles. The van der Waals surface area contributed by atoms with Crippen molar-refractivity contribution >= 4 is 23.6 Å². The number of hydrogen-bond acceptors (Lipinski definition) is 5. The van der Waals surface area contributed by atoms with E-state index in [1.807, 2.05) is 0 Å². The van der Waals surface area contributed by atoms with Crippen molar-refractivity contribution in [2.24, 2.45) is 5.41 Å². The monoisotopic (exact) mass is 327 g/mol. The van der Waals surface area contributed by atoms with Crippen LogP contribution in [-0.4, -0.2) is 52.8 Å². The first-order chi connectivity index (χ1) is 10.7. The molecule has 1 fully saturated rings. The fourth-order valence-corrected chi connectivity index (χ4v) is 2.61. The van der Waals surface area contributed by atoms with Crippen molar-refractivity contribution in [2.45, 2.75) is 58.9 Å². The van der Waals surface area contributed by atoms with Crippen LogP contribution >= 0.6 is 0 Å². The summed E-state index contributed by atoms with van der Waals surface area (Å²) < 4.78 is 4.98. The Bertz CT molecular complexity index is 485. The van der Waals surface area contributed by atoms with E-state index in [9.17, 15) is 19.2 Å².